The zero-order valence-corrected chi connectivity index (χ0v) is 9.09. The monoisotopic (exact) mass is 210 g/mol. The Labute approximate surface area is 89.7 Å². The number of nitrogens with two attached hydrogens (primary N) is 1. The fraction of sp³-hybridized carbons (Fsp3) is 0.455. The number of halogens is 1. The molecule has 2 nitrogen and oxygen atoms in total. The second kappa shape index (κ2) is 3.79. The van der Waals surface area contributed by atoms with Crippen LogP contribution in [0.5, 0.6) is 0 Å². The molecule has 0 spiro atoms. The average Bonchev–Trinajstić information content (AvgIpc) is 2.57. The number of benzene rings is 1. The second-order valence-electron chi connectivity index (χ2n) is 3.88. The van der Waals surface area contributed by atoms with Crippen molar-refractivity contribution in [2.45, 2.75) is 19.4 Å². The van der Waals surface area contributed by atoms with Gasteiger partial charge >= 0.3 is 0 Å². The second-order valence-corrected chi connectivity index (χ2v) is 4.29. The van der Waals surface area contributed by atoms with E-state index in [1.807, 2.05) is 12.1 Å². The Kier molecular flexibility index (Phi) is 2.66. The highest BCUT2D eigenvalue weighted by Gasteiger charge is 2.20. The molecule has 2 rings (SSSR count). The fourth-order valence-electron chi connectivity index (χ4n) is 1.94. The summed E-state index contributed by atoms with van der Waals surface area (Å²) in [7, 11) is 0. The Morgan fingerprint density at radius 3 is 2.93 bits per heavy atom. The zero-order valence-electron chi connectivity index (χ0n) is 8.33. The molecule has 0 aliphatic carbocycles. The summed E-state index contributed by atoms with van der Waals surface area (Å²) in [5.41, 5.74) is 8.26. The van der Waals surface area contributed by atoms with Crippen molar-refractivity contribution in [3.05, 3.63) is 28.8 Å². The van der Waals surface area contributed by atoms with Gasteiger partial charge in [-0.1, -0.05) is 17.7 Å². The Bertz CT molecular complexity index is 338. The summed E-state index contributed by atoms with van der Waals surface area (Å²) in [6.45, 7) is 4.05. The van der Waals surface area contributed by atoms with E-state index in [4.69, 9.17) is 17.3 Å². The molecule has 1 fully saturated rings. The van der Waals surface area contributed by atoms with Crippen LogP contribution in [0.15, 0.2) is 18.2 Å². The molecule has 0 radical (unpaired) electrons. The molecule has 1 atom stereocenters. The predicted octanol–water partition coefficient (Wildman–Crippen LogP) is 2.19. The molecule has 0 aromatic heterocycles. The van der Waals surface area contributed by atoms with Gasteiger partial charge in [0.15, 0.2) is 0 Å². The number of rotatable bonds is 1. The number of hydrogen-bond donors (Lipinski definition) is 1. The summed E-state index contributed by atoms with van der Waals surface area (Å²) in [5, 5.41) is 0.836. The van der Waals surface area contributed by atoms with Crippen LogP contribution in [0.1, 0.15) is 12.0 Å². The van der Waals surface area contributed by atoms with Gasteiger partial charge in [0.1, 0.15) is 0 Å². The first-order chi connectivity index (χ1) is 6.68. The molecule has 76 valence electrons. The predicted molar refractivity (Wildman–Crippen MR) is 61.0 cm³/mol. The quantitative estimate of drug-likeness (QED) is 0.770. The standard InChI is InChI=1S/C11H15ClN2/c1-8-10(12)3-2-4-11(8)14-6-5-9(13)7-14/h2-4,9H,5-7,13H2,1H3/t9-/m0/s1. The van der Waals surface area contributed by atoms with Crippen LogP contribution in [-0.4, -0.2) is 19.1 Å². The number of hydrogen-bond acceptors (Lipinski definition) is 2. The Morgan fingerprint density at radius 1 is 1.50 bits per heavy atom. The van der Waals surface area contributed by atoms with Crippen molar-refractivity contribution in [1.29, 1.82) is 0 Å². The van der Waals surface area contributed by atoms with Gasteiger partial charge < -0.3 is 10.6 Å². The molecule has 3 heteroatoms. The van der Waals surface area contributed by atoms with Gasteiger partial charge in [0.2, 0.25) is 0 Å². The molecule has 1 aliphatic rings. The summed E-state index contributed by atoms with van der Waals surface area (Å²) < 4.78 is 0. The maximum atomic E-state index is 6.07. The average molecular weight is 211 g/mol. The van der Waals surface area contributed by atoms with Crippen LogP contribution in [0, 0.1) is 6.92 Å². The van der Waals surface area contributed by atoms with E-state index < -0.39 is 0 Å². The van der Waals surface area contributed by atoms with Gasteiger partial charge in [-0.25, -0.2) is 0 Å². The Hall–Kier alpha value is -0.730. The van der Waals surface area contributed by atoms with Crippen LogP contribution in [0.3, 0.4) is 0 Å². The molecular weight excluding hydrogens is 196 g/mol. The molecule has 0 bridgehead atoms. The third kappa shape index (κ3) is 1.72. The summed E-state index contributed by atoms with van der Waals surface area (Å²) >= 11 is 6.07. The van der Waals surface area contributed by atoms with Crippen LogP contribution < -0.4 is 10.6 Å². The van der Waals surface area contributed by atoms with Gasteiger partial charge in [-0.05, 0) is 31.0 Å². The maximum Gasteiger partial charge on any atom is 0.0455 e. The molecule has 0 amide bonds. The molecule has 14 heavy (non-hydrogen) atoms. The smallest absolute Gasteiger partial charge is 0.0455 e. The third-order valence-electron chi connectivity index (χ3n) is 2.80. The van der Waals surface area contributed by atoms with Crippen molar-refractivity contribution < 1.29 is 0 Å². The summed E-state index contributed by atoms with van der Waals surface area (Å²) in [6, 6.07) is 6.35. The van der Waals surface area contributed by atoms with E-state index in [1.54, 1.807) is 0 Å². The SMILES string of the molecule is Cc1c(Cl)cccc1N1CC[C@H](N)C1. The van der Waals surface area contributed by atoms with Gasteiger partial charge in [-0.3, -0.25) is 0 Å². The number of nitrogens with zero attached hydrogens (tertiary/aromatic N) is 1. The highest BCUT2D eigenvalue weighted by molar-refractivity contribution is 6.31. The van der Waals surface area contributed by atoms with E-state index in [2.05, 4.69) is 17.9 Å². The molecule has 0 unspecified atom stereocenters. The lowest BCUT2D eigenvalue weighted by molar-refractivity contribution is 0.752. The Balaban J connectivity index is 2.28. The minimum atomic E-state index is 0.313. The van der Waals surface area contributed by atoms with Crippen LogP contribution in [0.4, 0.5) is 5.69 Å². The molecule has 1 saturated heterocycles. The zero-order chi connectivity index (χ0) is 10.1. The van der Waals surface area contributed by atoms with Crippen molar-refractivity contribution in [2.24, 2.45) is 5.73 Å². The van der Waals surface area contributed by atoms with E-state index in [-0.39, 0.29) is 0 Å². The molecule has 1 aliphatic heterocycles. The van der Waals surface area contributed by atoms with Crippen molar-refractivity contribution >= 4 is 17.3 Å². The maximum absolute atomic E-state index is 6.07. The summed E-state index contributed by atoms with van der Waals surface area (Å²) in [6.07, 6.45) is 1.08. The van der Waals surface area contributed by atoms with Crippen molar-refractivity contribution in [2.75, 3.05) is 18.0 Å². The van der Waals surface area contributed by atoms with Crippen LogP contribution in [-0.2, 0) is 0 Å². The van der Waals surface area contributed by atoms with Crippen molar-refractivity contribution in [1.82, 2.24) is 0 Å². The topological polar surface area (TPSA) is 29.3 Å². The third-order valence-corrected chi connectivity index (χ3v) is 3.21. The van der Waals surface area contributed by atoms with E-state index >= 15 is 0 Å². The molecule has 1 aromatic carbocycles. The lowest BCUT2D eigenvalue weighted by atomic mass is 10.2. The van der Waals surface area contributed by atoms with E-state index in [1.165, 1.54) is 5.69 Å². The highest BCUT2D eigenvalue weighted by Crippen LogP contribution is 2.28. The lowest BCUT2D eigenvalue weighted by Crippen LogP contribution is -2.26. The number of anilines is 1. The molecule has 1 aromatic rings. The van der Waals surface area contributed by atoms with Gasteiger partial charge in [-0.15, -0.1) is 0 Å². The molecule has 0 saturated carbocycles. The first kappa shape index (κ1) is 9.81. The van der Waals surface area contributed by atoms with Crippen LogP contribution in [0.2, 0.25) is 5.02 Å². The lowest BCUT2D eigenvalue weighted by Gasteiger charge is -2.20. The fourth-order valence-corrected chi connectivity index (χ4v) is 2.11. The minimum absolute atomic E-state index is 0.313. The van der Waals surface area contributed by atoms with E-state index in [9.17, 15) is 0 Å². The van der Waals surface area contributed by atoms with Gasteiger partial charge in [-0.2, -0.15) is 0 Å². The largest absolute Gasteiger partial charge is 0.370 e. The minimum Gasteiger partial charge on any atom is -0.370 e. The van der Waals surface area contributed by atoms with Crippen molar-refractivity contribution in [3.63, 3.8) is 0 Å². The van der Waals surface area contributed by atoms with Crippen LogP contribution in [0.25, 0.3) is 0 Å². The molecule has 1 heterocycles. The van der Waals surface area contributed by atoms with E-state index in [0.717, 1.165) is 30.1 Å². The van der Waals surface area contributed by atoms with E-state index in [0.29, 0.717) is 6.04 Å². The Morgan fingerprint density at radius 2 is 2.29 bits per heavy atom. The van der Waals surface area contributed by atoms with Crippen molar-refractivity contribution in [3.8, 4) is 0 Å². The summed E-state index contributed by atoms with van der Waals surface area (Å²) in [5.74, 6) is 0. The molecule has 2 N–H and O–H groups in total. The molecular formula is C11H15ClN2. The highest BCUT2D eigenvalue weighted by atomic mass is 35.5. The summed E-state index contributed by atoms with van der Waals surface area (Å²) in [4.78, 5) is 2.31. The van der Waals surface area contributed by atoms with Gasteiger partial charge in [0.25, 0.3) is 0 Å². The van der Waals surface area contributed by atoms with Gasteiger partial charge in [0.05, 0.1) is 0 Å². The first-order valence-corrected chi connectivity index (χ1v) is 5.32. The first-order valence-electron chi connectivity index (χ1n) is 4.94. The van der Waals surface area contributed by atoms with Crippen LogP contribution >= 0.6 is 11.6 Å². The normalized spacial score (nSPS) is 21.6. The van der Waals surface area contributed by atoms with Gasteiger partial charge in [0, 0.05) is 29.8 Å².